The first-order valence-corrected chi connectivity index (χ1v) is 9.86. The van der Waals surface area contributed by atoms with Gasteiger partial charge in [-0.2, -0.15) is 0 Å². The molecule has 0 saturated carbocycles. The second kappa shape index (κ2) is 7.22. The molecule has 26 heavy (non-hydrogen) atoms. The fourth-order valence-corrected chi connectivity index (χ4v) is 4.90. The van der Waals surface area contributed by atoms with Gasteiger partial charge >= 0.3 is 0 Å². The van der Waals surface area contributed by atoms with Crippen LogP contribution in [-0.4, -0.2) is 17.2 Å². The molecule has 1 heterocycles. The summed E-state index contributed by atoms with van der Waals surface area (Å²) in [5.74, 6) is -0.160. The number of benzene rings is 2. The highest BCUT2D eigenvalue weighted by atomic mass is 35.5. The number of carbonyl (C=O) groups is 1. The largest absolute Gasteiger partial charge is 0.312 e. The van der Waals surface area contributed by atoms with Gasteiger partial charge in [-0.25, -0.2) is 4.99 Å². The molecule has 0 fully saturated rings. The highest BCUT2D eigenvalue weighted by Gasteiger charge is 2.34. The van der Waals surface area contributed by atoms with Gasteiger partial charge in [0.2, 0.25) is 0 Å². The monoisotopic (exact) mass is 380 g/mol. The van der Waals surface area contributed by atoms with Crippen molar-refractivity contribution in [2.45, 2.75) is 18.6 Å². The minimum absolute atomic E-state index is 0.253. The van der Waals surface area contributed by atoms with Gasteiger partial charge in [-0.15, -0.1) is 11.8 Å². The van der Waals surface area contributed by atoms with Crippen LogP contribution in [0.2, 0.25) is 5.02 Å². The first-order valence-electron chi connectivity index (χ1n) is 8.50. The molecule has 2 aromatic carbocycles. The summed E-state index contributed by atoms with van der Waals surface area (Å²) in [6.07, 6.45) is 3.00. The third-order valence-corrected chi connectivity index (χ3v) is 6.25. The lowest BCUT2D eigenvalue weighted by atomic mass is 9.78. The van der Waals surface area contributed by atoms with Crippen molar-refractivity contribution in [3.05, 3.63) is 75.8 Å². The zero-order valence-corrected chi connectivity index (χ0v) is 15.6. The minimum atomic E-state index is -0.573. The molecule has 1 amide bonds. The molecule has 1 unspecified atom stereocenters. The van der Waals surface area contributed by atoms with E-state index in [2.05, 4.69) is 17.1 Å². The van der Waals surface area contributed by atoms with Crippen LogP contribution in [0.1, 0.15) is 23.1 Å². The number of aryl methyl sites for hydroxylation is 1. The van der Waals surface area contributed by atoms with Crippen molar-refractivity contribution >= 4 is 46.1 Å². The van der Waals surface area contributed by atoms with Crippen molar-refractivity contribution in [1.82, 2.24) is 0 Å². The quantitative estimate of drug-likeness (QED) is 0.746. The van der Waals surface area contributed by atoms with Gasteiger partial charge in [-0.05, 0) is 46.7 Å². The number of rotatable bonds is 3. The summed E-state index contributed by atoms with van der Waals surface area (Å²) in [4.78, 5) is 16.9. The summed E-state index contributed by atoms with van der Waals surface area (Å²) in [6, 6.07) is 15.9. The Bertz CT molecular complexity index is 964. The SMILES string of the molecule is N=CC1C(=O)N=C(SCc2ccccc2Cl)C2=C1c1ccccc1CC2. The lowest BCUT2D eigenvalue weighted by Gasteiger charge is -2.30. The molecule has 1 N–H and O–H groups in total. The molecule has 5 heteroatoms. The molecule has 1 aliphatic heterocycles. The van der Waals surface area contributed by atoms with Gasteiger partial charge in [0.15, 0.2) is 0 Å². The molecule has 3 nitrogen and oxygen atoms in total. The maximum Gasteiger partial charge on any atom is 0.259 e. The molecule has 4 rings (SSSR count). The van der Waals surface area contributed by atoms with Gasteiger partial charge in [0.25, 0.3) is 5.91 Å². The van der Waals surface area contributed by atoms with Crippen LogP contribution < -0.4 is 0 Å². The molecule has 130 valence electrons. The molecule has 0 saturated heterocycles. The minimum Gasteiger partial charge on any atom is -0.312 e. The second-order valence-corrected chi connectivity index (χ2v) is 7.70. The van der Waals surface area contributed by atoms with E-state index in [9.17, 15) is 4.79 Å². The third-order valence-electron chi connectivity index (χ3n) is 4.81. The van der Waals surface area contributed by atoms with Crippen molar-refractivity contribution in [3.63, 3.8) is 0 Å². The summed E-state index contributed by atoms with van der Waals surface area (Å²) >= 11 is 7.81. The fourth-order valence-electron chi connectivity index (χ4n) is 3.53. The molecule has 0 bridgehead atoms. The molecule has 2 aliphatic rings. The smallest absolute Gasteiger partial charge is 0.259 e. The Morgan fingerprint density at radius 1 is 1.15 bits per heavy atom. The maximum absolute atomic E-state index is 12.6. The van der Waals surface area contributed by atoms with Crippen LogP contribution in [0.3, 0.4) is 0 Å². The number of hydrogen-bond donors (Lipinski definition) is 1. The number of halogens is 1. The Morgan fingerprint density at radius 2 is 1.92 bits per heavy atom. The van der Waals surface area contributed by atoms with Crippen LogP contribution in [0.4, 0.5) is 0 Å². The molecular weight excluding hydrogens is 364 g/mol. The predicted octanol–water partition coefficient (Wildman–Crippen LogP) is 5.18. The van der Waals surface area contributed by atoms with Crippen LogP contribution in [0.25, 0.3) is 5.57 Å². The maximum atomic E-state index is 12.6. The Morgan fingerprint density at radius 3 is 2.73 bits per heavy atom. The van der Waals surface area contributed by atoms with Gasteiger partial charge in [-0.1, -0.05) is 54.1 Å². The summed E-state index contributed by atoms with van der Waals surface area (Å²) in [7, 11) is 0. The molecule has 2 aromatic rings. The third kappa shape index (κ3) is 3.04. The average molecular weight is 381 g/mol. The second-order valence-electron chi connectivity index (χ2n) is 6.33. The van der Waals surface area contributed by atoms with Crippen LogP contribution in [0, 0.1) is 11.3 Å². The topological polar surface area (TPSA) is 53.3 Å². The van der Waals surface area contributed by atoms with Crippen LogP contribution >= 0.6 is 23.4 Å². The number of fused-ring (bicyclic) bond motifs is 2. The van der Waals surface area contributed by atoms with Gasteiger partial charge in [0, 0.05) is 17.0 Å². The summed E-state index contributed by atoms with van der Waals surface area (Å²) in [5, 5.41) is 9.25. The summed E-state index contributed by atoms with van der Waals surface area (Å²) in [5.41, 5.74) is 5.42. The number of dihydropyridines is 1. The Hall–Kier alpha value is -2.17. The zero-order chi connectivity index (χ0) is 18.1. The Balaban J connectivity index is 1.72. The highest BCUT2D eigenvalue weighted by molar-refractivity contribution is 8.13. The van der Waals surface area contributed by atoms with Gasteiger partial charge in [0.1, 0.15) is 11.0 Å². The van der Waals surface area contributed by atoms with Crippen molar-refractivity contribution < 1.29 is 4.79 Å². The first kappa shape index (κ1) is 17.3. The molecule has 1 atom stereocenters. The van der Waals surface area contributed by atoms with E-state index in [0.717, 1.165) is 45.2 Å². The summed E-state index contributed by atoms with van der Waals surface area (Å²) in [6.45, 7) is 0. The van der Waals surface area contributed by atoms with Gasteiger partial charge < -0.3 is 5.41 Å². The highest BCUT2D eigenvalue weighted by Crippen LogP contribution is 2.41. The molecular formula is C21H17ClN2OS. The van der Waals surface area contributed by atoms with Crippen molar-refractivity contribution in [2.75, 3.05) is 0 Å². The predicted molar refractivity (Wildman–Crippen MR) is 109 cm³/mol. The number of hydrogen-bond acceptors (Lipinski definition) is 3. The van der Waals surface area contributed by atoms with Crippen LogP contribution in [-0.2, 0) is 17.0 Å². The normalized spacial score (nSPS) is 18.9. The number of thioether (sulfide) groups is 1. The zero-order valence-electron chi connectivity index (χ0n) is 14.0. The van der Waals surface area contributed by atoms with Crippen molar-refractivity contribution in [1.29, 1.82) is 5.41 Å². The molecule has 0 radical (unpaired) electrons. The average Bonchev–Trinajstić information content (AvgIpc) is 2.67. The van der Waals surface area contributed by atoms with Gasteiger partial charge in [-0.3, -0.25) is 4.79 Å². The lowest BCUT2D eigenvalue weighted by molar-refractivity contribution is -0.118. The number of nitrogens with one attached hydrogen (secondary N) is 1. The summed E-state index contributed by atoms with van der Waals surface area (Å²) < 4.78 is 0. The van der Waals surface area contributed by atoms with E-state index in [1.165, 1.54) is 11.8 Å². The number of aliphatic imine (C=N–C) groups is 1. The Labute approximate surface area is 161 Å². The number of amides is 1. The molecule has 1 aliphatic carbocycles. The van der Waals surface area contributed by atoms with E-state index in [1.54, 1.807) is 11.8 Å². The van der Waals surface area contributed by atoms with Crippen molar-refractivity contribution in [3.8, 4) is 0 Å². The first-order chi connectivity index (χ1) is 12.7. The Kier molecular flexibility index (Phi) is 4.79. The standard InChI is InChI=1S/C21H17ClN2OS/c22-18-8-4-2-6-14(18)12-26-21-16-10-9-13-5-1-3-7-15(13)19(16)17(11-23)20(25)24-21/h1-8,11,17,23H,9-10,12H2. The van der Waals surface area contributed by atoms with Crippen molar-refractivity contribution in [2.24, 2.45) is 10.9 Å². The van der Waals surface area contributed by atoms with Gasteiger partial charge in [0.05, 0.1) is 0 Å². The van der Waals surface area contributed by atoms with E-state index in [1.807, 2.05) is 36.4 Å². The number of carbonyl (C=O) groups excluding carboxylic acids is 1. The van der Waals surface area contributed by atoms with E-state index >= 15 is 0 Å². The van der Waals surface area contributed by atoms with E-state index < -0.39 is 5.92 Å². The molecule has 0 aromatic heterocycles. The van der Waals surface area contributed by atoms with Crippen LogP contribution in [0.5, 0.6) is 0 Å². The van der Waals surface area contributed by atoms with Crippen LogP contribution in [0.15, 0.2) is 59.1 Å². The lowest BCUT2D eigenvalue weighted by Crippen LogP contribution is -2.27. The molecule has 0 spiro atoms. The van der Waals surface area contributed by atoms with E-state index in [-0.39, 0.29) is 5.91 Å². The fraction of sp³-hybridized carbons (Fsp3) is 0.190. The van der Waals surface area contributed by atoms with E-state index in [4.69, 9.17) is 17.0 Å². The number of nitrogens with zero attached hydrogens (tertiary/aromatic N) is 1. The van der Waals surface area contributed by atoms with E-state index in [0.29, 0.717) is 5.75 Å².